The normalized spacial score (nSPS) is 10.9. The first-order valence-corrected chi connectivity index (χ1v) is 12.8. The predicted molar refractivity (Wildman–Crippen MR) is 158 cm³/mol. The number of aromatic nitrogens is 4. The maximum absolute atomic E-state index is 9.23. The van der Waals surface area contributed by atoms with E-state index >= 15 is 0 Å². The summed E-state index contributed by atoms with van der Waals surface area (Å²) in [6, 6.07) is 29.5. The lowest BCUT2D eigenvalue weighted by atomic mass is 10.0. The Bertz CT molecular complexity index is 2050. The van der Waals surface area contributed by atoms with Crippen molar-refractivity contribution in [2.45, 2.75) is 0 Å². The number of benzene rings is 2. The molecule has 0 radical (unpaired) electrons. The third-order valence-electron chi connectivity index (χ3n) is 6.87. The van der Waals surface area contributed by atoms with Crippen molar-refractivity contribution >= 4 is 27.6 Å². The molecular weight excluding hydrogens is 508 g/mol. The first kappa shape index (κ1) is 23.9. The summed E-state index contributed by atoms with van der Waals surface area (Å²) in [5.41, 5.74) is 9.02. The first-order chi connectivity index (χ1) is 20.2. The summed E-state index contributed by atoms with van der Waals surface area (Å²) in [7, 11) is 0. The SMILES string of the molecule is [C-]#[N+]c1cncc(-c2cccc(-c3ccc4c(c3)oc3cc(-c5cccc(-c6cncc(C#N)c6)n5)ccc34)n2)c1. The van der Waals surface area contributed by atoms with Crippen molar-refractivity contribution in [2.75, 3.05) is 0 Å². The van der Waals surface area contributed by atoms with Crippen molar-refractivity contribution in [2.24, 2.45) is 0 Å². The van der Waals surface area contributed by atoms with E-state index in [-0.39, 0.29) is 0 Å². The van der Waals surface area contributed by atoms with Crippen LogP contribution in [-0.4, -0.2) is 19.9 Å². The van der Waals surface area contributed by atoms with E-state index < -0.39 is 0 Å². The minimum absolute atomic E-state index is 0.477. The summed E-state index contributed by atoms with van der Waals surface area (Å²) in [6.07, 6.45) is 6.50. The topological polar surface area (TPSA) is 92.8 Å². The highest BCUT2D eigenvalue weighted by molar-refractivity contribution is 6.06. The van der Waals surface area contributed by atoms with E-state index in [0.717, 1.165) is 67.0 Å². The number of nitrogens with zero attached hydrogens (tertiary/aromatic N) is 6. The van der Waals surface area contributed by atoms with Crippen LogP contribution < -0.4 is 0 Å². The third-order valence-corrected chi connectivity index (χ3v) is 6.87. The van der Waals surface area contributed by atoms with Gasteiger partial charge < -0.3 is 4.42 Å². The lowest BCUT2D eigenvalue weighted by molar-refractivity contribution is 0.669. The third kappa shape index (κ3) is 4.44. The Morgan fingerprint density at radius 1 is 0.610 bits per heavy atom. The Morgan fingerprint density at radius 3 is 1.71 bits per heavy atom. The lowest BCUT2D eigenvalue weighted by Gasteiger charge is -2.05. The summed E-state index contributed by atoms with van der Waals surface area (Å²) in [5, 5.41) is 11.3. The van der Waals surface area contributed by atoms with Gasteiger partial charge in [-0.25, -0.2) is 14.8 Å². The number of pyridine rings is 4. The second-order valence-corrected chi connectivity index (χ2v) is 9.46. The van der Waals surface area contributed by atoms with Crippen LogP contribution in [-0.2, 0) is 0 Å². The smallest absolute Gasteiger partial charge is 0.205 e. The molecule has 190 valence electrons. The first-order valence-electron chi connectivity index (χ1n) is 12.8. The Balaban J connectivity index is 1.25. The van der Waals surface area contributed by atoms with E-state index in [0.29, 0.717) is 11.3 Å². The van der Waals surface area contributed by atoms with Crippen molar-refractivity contribution in [3.63, 3.8) is 0 Å². The van der Waals surface area contributed by atoms with E-state index in [1.54, 1.807) is 30.7 Å². The predicted octanol–water partition coefficient (Wildman–Crippen LogP) is 8.26. The van der Waals surface area contributed by atoms with Crippen LogP contribution in [0.15, 0.2) is 114 Å². The number of nitriles is 1. The molecule has 0 spiro atoms. The molecule has 0 saturated carbocycles. The van der Waals surface area contributed by atoms with Crippen molar-refractivity contribution in [3.05, 3.63) is 127 Å². The summed E-state index contributed by atoms with van der Waals surface area (Å²) in [6.45, 7) is 7.26. The van der Waals surface area contributed by atoms with Gasteiger partial charge in [0.25, 0.3) is 0 Å². The molecule has 0 aliphatic carbocycles. The van der Waals surface area contributed by atoms with Gasteiger partial charge in [-0.2, -0.15) is 5.26 Å². The van der Waals surface area contributed by atoms with Gasteiger partial charge in [0.05, 0.1) is 34.9 Å². The van der Waals surface area contributed by atoms with E-state index in [1.807, 2.05) is 60.7 Å². The highest BCUT2D eigenvalue weighted by Crippen LogP contribution is 2.35. The van der Waals surface area contributed by atoms with Crippen LogP contribution in [0.1, 0.15) is 5.56 Å². The van der Waals surface area contributed by atoms with E-state index in [1.165, 1.54) is 6.20 Å². The lowest BCUT2D eigenvalue weighted by Crippen LogP contribution is -1.89. The second kappa shape index (κ2) is 9.85. The Hall–Kier alpha value is -6.18. The van der Waals surface area contributed by atoms with Crippen LogP contribution in [0.4, 0.5) is 5.69 Å². The summed E-state index contributed by atoms with van der Waals surface area (Å²) in [4.78, 5) is 21.5. The average molecular weight is 527 g/mol. The number of rotatable bonds is 4. The molecule has 0 N–H and O–H groups in total. The standard InChI is InChI=1S/C34H18N6O/c1-36-26-13-25(19-38-20-26)32-7-3-5-30(40-32)23-9-11-28-27-10-8-22(14-33(27)41-34(28)15-23)29-4-2-6-31(39-29)24-12-21(16-35)17-37-18-24/h2-15,17-20H. The van der Waals surface area contributed by atoms with Gasteiger partial charge in [0.15, 0.2) is 0 Å². The van der Waals surface area contributed by atoms with Gasteiger partial charge in [-0.15, -0.1) is 0 Å². The van der Waals surface area contributed by atoms with Gasteiger partial charge >= 0.3 is 0 Å². The molecule has 0 saturated heterocycles. The molecule has 5 aromatic heterocycles. The molecule has 0 bridgehead atoms. The maximum atomic E-state index is 9.23. The Kier molecular flexibility index (Phi) is 5.74. The molecule has 0 aliphatic rings. The molecule has 7 rings (SSSR count). The van der Waals surface area contributed by atoms with Crippen LogP contribution in [0.3, 0.4) is 0 Å². The fraction of sp³-hybridized carbons (Fsp3) is 0. The molecule has 7 nitrogen and oxygen atoms in total. The molecule has 41 heavy (non-hydrogen) atoms. The van der Waals surface area contributed by atoms with Gasteiger partial charge in [-0.1, -0.05) is 24.3 Å². The zero-order valence-electron chi connectivity index (χ0n) is 21.5. The number of hydrogen-bond acceptors (Lipinski definition) is 6. The second-order valence-electron chi connectivity index (χ2n) is 9.46. The van der Waals surface area contributed by atoms with E-state index in [9.17, 15) is 5.26 Å². The maximum Gasteiger partial charge on any atom is 0.205 e. The van der Waals surface area contributed by atoms with Crippen LogP contribution in [0.25, 0.3) is 71.8 Å². The average Bonchev–Trinajstić information content (AvgIpc) is 3.42. The monoisotopic (exact) mass is 526 g/mol. The fourth-order valence-corrected chi connectivity index (χ4v) is 4.88. The summed E-state index contributed by atoms with van der Waals surface area (Å²) < 4.78 is 6.32. The zero-order valence-corrected chi connectivity index (χ0v) is 21.5. The number of fused-ring (bicyclic) bond motifs is 3. The Labute approximate surface area is 234 Å². The molecular formula is C34H18N6O. The Morgan fingerprint density at radius 2 is 1.15 bits per heavy atom. The van der Waals surface area contributed by atoms with Crippen molar-refractivity contribution in [1.29, 1.82) is 5.26 Å². The van der Waals surface area contributed by atoms with Gasteiger partial charge in [0.1, 0.15) is 17.2 Å². The summed E-state index contributed by atoms with van der Waals surface area (Å²) in [5.74, 6) is 0. The molecule has 7 aromatic rings. The van der Waals surface area contributed by atoms with Crippen LogP contribution in [0.5, 0.6) is 0 Å². The molecule has 5 heterocycles. The molecule has 0 amide bonds. The van der Waals surface area contributed by atoms with Gasteiger partial charge in [-0.05, 0) is 60.7 Å². The highest BCUT2D eigenvalue weighted by Gasteiger charge is 2.12. The van der Waals surface area contributed by atoms with Crippen molar-refractivity contribution in [3.8, 4) is 51.1 Å². The molecule has 0 fully saturated rings. The van der Waals surface area contributed by atoms with Gasteiger partial charge in [-0.3, -0.25) is 9.97 Å². The molecule has 7 heteroatoms. The van der Waals surface area contributed by atoms with E-state index in [4.69, 9.17) is 21.0 Å². The molecule has 0 aliphatic heterocycles. The van der Waals surface area contributed by atoms with Gasteiger partial charge in [0.2, 0.25) is 5.69 Å². The van der Waals surface area contributed by atoms with Gasteiger partial charge in [0, 0.05) is 57.8 Å². The summed E-state index contributed by atoms with van der Waals surface area (Å²) >= 11 is 0. The van der Waals surface area contributed by atoms with Crippen molar-refractivity contribution < 1.29 is 4.42 Å². The van der Waals surface area contributed by atoms with Crippen LogP contribution in [0, 0.1) is 17.9 Å². The molecule has 2 aromatic carbocycles. The van der Waals surface area contributed by atoms with Crippen LogP contribution >= 0.6 is 0 Å². The number of hydrogen-bond donors (Lipinski definition) is 0. The number of furan rings is 1. The quantitative estimate of drug-likeness (QED) is 0.214. The van der Waals surface area contributed by atoms with Crippen molar-refractivity contribution in [1.82, 2.24) is 19.9 Å². The van der Waals surface area contributed by atoms with Crippen LogP contribution in [0.2, 0.25) is 0 Å². The molecule has 0 atom stereocenters. The fourth-order valence-electron chi connectivity index (χ4n) is 4.88. The largest absolute Gasteiger partial charge is 0.456 e. The van der Waals surface area contributed by atoms with E-state index in [2.05, 4.69) is 33.0 Å². The zero-order chi connectivity index (χ0) is 27.8. The molecule has 0 unspecified atom stereocenters. The minimum atomic E-state index is 0.477. The highest BCUT2D eigenvalue weighted by atomic mass is 16.3. The minimum Gasteiger partial charge on any atom is -0.456 e.